The maximum Gasteiger partial charge on any atom is 0.148 e. The minimum atomic E-state index is -0.339. The predicted molar refractivity (Wildman–Crippen MR) is 85.2 cm³/mol. The summed E-state index contributed by atoms with van der Waals surface area (Å²) in [6.45, 7) is 6.47. The molecule has 0 atom stereocenters. The highest BCUT2D eigenvalue weighted by molar-refractivity contribution is 5.75. The van der Waals surface area contributed by atoms with E-state index in [1.807, 2.05) is 0 Å². The highest BCUT2D eigenvalue weighted by Gasteiger charge is 2.27. The van der Waals surface area contributed by atoms with E-state index >= 15 is 0 Å². The Kier molecular flexibility index (Phi) is 4.93. The summed E-state index contributed by atoms with van der Waals surface area (Å²) in [5.74, 6) is -0.339. The Labute approximate surface area is 132 Å². The third-order valence-electron chi connectivity index (χ3n) is 5.32. The van der Waals surface area contributed by atoms with Gasteiger partial charge in [0.2, 0.25) is 0 Å². The van der Waals surface area contributed by atoms with E-state index in [-0.39, 0.29) is 5.83 Å². The number of carbonyl (C=O) groups excluding carboxylic acids is 1. The number of carbonyl (C=O) groups is 1. The van der Waals surface area contributed by atoms with Crippen LogP contribution in [-0.4, -0.2) is 73.3 Å². The number of halogens is 1. The fourth-order valence-corrected chi connectivity index (χ4v) is 3.79. The van der Waals surface area contributed by atoms with Crippen LogP contribution in [-0.2, 0) is 4.79 Å². The molecule has 1 aliphatic carbocycles. The predicted octanol–water partition coefficient (Wildman–Crippen LogP) is 1.80. The first-order chi connectivity index (χ1) is 10.7. The van der Waals surface area contributed by atoms with Crippen molar-refractivity contribution < 1.29 is 9.18 Å². The Hall–Kier alpha value is -1.20. The zero-order chi connectivity index (χ0) is 15.5. The molecule has 2 fully saturated rings. The van der Waals surface area contributed by atoms with Gasteiger partial charge in [0.1, 0.15) is 12.1 Å². The van der Waals surface area contributed by atoms with Crippen LogP contribution in [0.15, 0.2) is 23.2 Å². The van der Waals surface area contributed by atoms with E-state index in [4.69, 9.17) is 0 Å². The van der Waals surface area contributed by atoms with Gasteiger partial charge in [0.05, 0.1) is 0 Å². The first-order valence-electron chi connectivity index (χ1n) is 8.39. The Morgan fingerprint density at radius 2 is 1.77 bits per heavy atom. The van der Waals surface area contributed by atoms with Gasteiger partial charge in [-0.3, -0.25) is 9.69 Å². The lowest BCUT2D eigenvalue weighted by Crippen LogP contribution is -2.52. The van der Waals surface area contributed by atoms with E-state index < -0.39 is 0 Å². The molecule has 3 aliphatic rings. The van der Waals surface area contributed by atoms with Gasteiger partial charge < -0.3 is 9.80 Å². The fraction of sp³-hybridized carbons (Fsp3) is 0.706. The number of aldehydes is 1. The van der Waals surface area contributed by atoms with Crippen LogP contribution in [0.25, 0.3) is 0 Å². The number of hydrogen-bond donors (Lipinski definition) is 0. The quantitative estimate of drug-likeness (QED) is 0.743. The van der Waals surface area contributed by atoms with Crippen molar-refractivity contribution in [2.45, 2.75) is 31.7 Å². The zero-order valence-corrected chi connectivity index (χ0v) is 13.4. The second-order valence-corrected chi connectivity index (χ2v) is 6.68. The van der Waals surface area contributed by atoms with E-state index in [2.05, 4.69) is 21.7 Å². The molecule has 0 amide bonds. The third-order valence-corrected chi connectivity index (χ3v) is 5.32. The second kappa shape index (κ2) is 6.92. The molecule has 22 heavy (non-hydrogen) atoms. The summed E-state index contributed by atoms with van der Waals surface area (Å²) in [4.78, 5) is 18.1. The second-order valence-electron chi connectivity index (χ2n) is 6.68. The van der Waals surface area contributed by atoms with E-state index in [9.17, 15) is 9.18 Å². The Bertz CT molecular complexity index is 472. The summed E-state index contributed by atoms with van der Waals surface area (Å²) in [6.07, 6.45) is 6.07. The Morgan fingerprint density at radius 3 is 2.36 bits per heavy atom. The number of nitrogens with zero attached hydrogens (tertiary/aromatic N) is 3. The van der Waals surface area contributed by atoms with Crippen LogP contribution in [0.1, 0.15) is 25.7 Å². The summed E-state index contributed by atoms with van der Waals surface area (Å²) < 4.78 is 13.8. The van der Waals surface area contributed by atoms with Gasteiger partial charge in [-0.1, -0.05) is 0 Å². The van der Waals surface area contributed by atoms with Crippen molar-refractivity contribution in [3.8, 4) is 0 Å². The number of likely N-dealkylation sites (tertiary alicyclic amines) is 1. The largest absolute Gasteiger partial charge is 0.372 e. The monoisotopic (exact) mass is 307 g/mol. The lowest BCUT2D eigenvalue weighted by molar-refractivity contribution is -0.105. The van der Waals surface area contributed by atoms with Crippen LogP contribution in [0, 0.1) is 0 Å². The van der Waals surface area contributed by atoms with Crippen LogP contribution in [0.5, 0.6) is 0 Å². The molecule has 4 nitrogen and oxygen atoms in total. The molecule has 0 bridgehead atoms. The minimum Gasteiger partial charge on any atom is -0.372 e. The molecular formula is C17H26FN3O. The molecule has 0 radical (unpaired) electrons. The van der Waals surface area contributed by atoms with Gasteiger partial charge in [-0.2, -0.15) is 0 Å². The van der Waals surface area contributed by atoms with Crippen molar-refractivity contribution >= 4 is 6.29 Å². The summed E-state index contributed by atoms with van der Waals surface area (Å²) in [7, 11) is 2.19. The molecule has 5 heteroatoms. The summed E-state index contributed by atoms with van der Waals surface area (Å²) in [5.41, 5.74) is 1.37. The number of piperidine rings is 1. The molecule has 2 saturated heterocycles. The molecule has 0 unspecified atom stereocenters. The summed E-state index contributed by atoms with van der Waals surface area (Å²) >= 11 is 0. The van der Waals surface area contributed by atoms with Crippen molar-refractivity contribution in [2.75, 3.05) is 46.3 Å². The number of allylic oxidation sites excluding steroid dienone is 4. The lowest BCUT2D eigenvalue weighted by atomic mass is 10.00. The van der Waals surface area contributed by atoms with Gasteiger partial charge >= 0.3 is 0 Å². The van der Waals surface area contributed by atoms with Crippen LogP contribution in [0.2, 0.25) is 0 Å². The molecule has 3 rings (SSSR count). The van der Waals surface area contributed by atoms with Crippen LogP contribution in [0.3, 0.4) is 0 Å². The zero-order valence-electron chi connectivity index (χ0n) is 13.4. The van der Waals surface area contributed by atoms with Crippen molar-refractivity contribution in [3.05, 3.63) is 23.2 Å². The maximum atomic E-state index is 13.8. The third kappa shape index (κ3) is 3.41. The lowest BCUT2D eigenvalue weighted by Gasteiger charge is -2.43. The maximum absolute atomic E-state index is 13.8. The summed E-state index contributed by atoms with van der Waals surface area (Å²) in [5, 5.41) is 0. The van der Waals surface area contributed by atoms with Gasteiger partial charge in [0.25, 0.3) is 0 Å². The molecule has 0 spiro atoms. The van der Waals surface area contributed by atoms with E-state index in [0.717, 1.165) is 44.3 Å². The average molecular weight is 307 g/mol. The van der Waals surface area contributed by atoms with Crippen molar-refractivity contribution in [2.24, 2.45) is 0 Å². The molecule has 2 aliphatic heterocycles. The molecular weight excluding hydrogens is 281 g/mol. The topological polar surface area (TPSA) is 26.8 Å². The van der Waals surface area contributed by atoms with Crippen molar-refractivity contribution in [1.29, 1.82) is 0 Å². The van der Waals surface area contributed by atoms with Gasteiger partial charge in [-0.05, 0) is 51.9 Å². The van der Waals surface area contributed by atoms with Gasteiger partial charge in [-0.15, -0.1) is 0 Å². The number of hydrogen-bond acceptors (Lipinski definition) is 4. The standard InChI is InChI=1S/C17H26FN3O/c1-19-6-4-15(5-7-19)20-8-10-21(11-9-20)16-3-2-14(13-22)17(18)12-16/h12-13,15H,2-11H2,1H3. The van der Waals surface area contributed by atoms with Crippen molar-refractivity contribution in [3.63, 3.8) is 0 Å². The van der Waals surface area contributed by atoms with Crippen molar-refractivity contribution in [1.82, 2.24) is 14.7 Å². The van der Waals surface area contributed by atoms with E-state index in [0.29, 0.717) is 18.3 Å². The van der Waals surface area contributed by atoms with Gasteiger partial charge in [0, 0.05) is 43.5 Å². The van der Waals surface area contributed by atoms with Gasteiger partial charge in [-0.25, -0.2) is 4.39 Å². The van der Waals surface area contributed by atoms with E-state index in [1.54, 1.807) is 6.08 Å². The normalized spacial score (nSPS) is 26.3. The van der Waals surface area contributed by atoms with Gasteiger partial charge in [0.15, 0.2) is 0 Å². The Balaban J connectivity index is 1.54. The fourth-order valence-electron chi connectivity index (χ4n) is 3.79. The highest BCUT2D eigenvalue weighted by atomic mass is 19.1. The SMILES string of the molecule is CN1CCC(N2CCN(C3=CC(F)=C(C=O)CC3)CC2)CC1. The molecule has 0 N–H and O–H groups in total. The molecule has 2 heterocycles. The molecule has 0 saturated carbocycles. The number of rotatable bonds is 3. The molecule has 0 aromatic heterocycles. The Morgan fingerprint density at radius 1 is 1.09 bits per heavy atom. The smallest absolute Gasteiger partial charge is 0.148 e. The first kappa shape index (κ1) is 15.7. The van der Waals surface area contributed by atoms with E-state index in [1.165, 1.54) is 25.9 Å². The molecule has 0 aromatic carbocycles. The summed E-state index contributed by atoms with van der Waals surface area (Å²) in [6, 6.07) is 0.719. The molecule has 122 valence electrons. The minimum absolute atomic E-state index is 0.314. The highest BCUT2D eigenvalue weighted by Crippen LogP contribution is 2.27. The average Bonchev–Trinajstić information content (AvgIpc) is 2.56. The molecule has 0 aromatic rings. The number of piperazine rings is 1. The first-order valence-corrected chi connectivity index (χ1v) is 8.39. The van der Waals surface area contributed by atoms with Crippen LogP contribution in [0.4, 0.5) is 4.39 Å². The van der Waals surface area contributed by atoms with Crippen LogP contribution < -0.4 is 0 Å². The van der Waals surface area contributed by atoms with Crippen LogP contribution >= 0.6 is 0 Å².